The predicted molar refractivity (Wildman–Crippen MR) is 85.3 cm³/mol. The van der Waals surface area contributed by atoms with Crippen LogP contribution >= 0.6 is 22.6 Å². The van der Waals surface area contributed by atoms with Crippen LogP contribution in [-0.4, -0.2) is 11.1 Å². The zero-order valence-corrected chi connectivity index (χ0v) is 12.9. The number of aryl methyl sites for hydroxylation is 2. The van der Waals surface area contributed by atoms with Gasteiger partial charge in [-0.25, -0.2) is 4.79 Å². The van der Waals surface area contributed by atoms with Crippen molar-refractivity contribution in [3.63, 3.8) is 0 Å². The van der Waals surface area contributed by atoms with Gasteiger partial charge in [-0.1, -0.05) is 12.1 Å². The second-order valence-corrected chi connectivity index (χ2v) is 5.55. The molecule has 0 atom stereocenters. The molecule has 0 bridgehead atoms. The first-order valence-corrected chi connectivity index (χ1v) is 6.93. The second kappa shape index (κ2) is 5.61. The maximum atomic E-state index is 11.2. The van der Waals surface area contributed by atoms with E-state index < -0.39 is 5.97 Å². The summed E-state index contributed by atoms with van der Waals surface area (Å²) in [6, 6.07) is 11.0. The van der Waals surface area contributed by atoms with Gasteiger partial charge in [-0.05, 0) is 71.8 Å². The lowest BCUT2D eigenvalue weighted by atomic mass is 10.1. The molecule has 2 aromatic rings. The Labute approximate surface area is 125 Å². The number of halogens is 1. The highest BCUT2D eigenvalue weighted by atomic mass is 127. The number of carbonyl (C=O) groups is 1. The summed E-state index contributed by atoms with van der Waals surface area (Å²) in [4.78, 5) is 11.2. The highest BCUT2D eigenvalue weighted by Gasteiger charge is 2.10. The van der Waals surface area contributed by atoms with Crippen molar-refractivity contribution in [3.8, 4) is 0 Å². The highest BCUT2D eigenvalue weighted by Crippen LogP contribution is 2.26. The van der Waals surface area contributed by atoms with E-state index in [1.807, 2.05) is 26.0 Å². The Hall–Kier alpha value is -1.56. The maximum absolute atomic E-state index is 11.2. The fourth-order valence-corrected chi connectivity index (χ4v) is 2.46. The summed E-state index contributed by atoms with van der Waals surface area (Å²) < 4.78 is 1.20. The summed E-state index contributed by atoms with van der Waals surface area (Å²) in [6.07, 6.45) is 0. The van der Waals surface area contributed by atoms with E-state index in [2.05, 4.69) is 34.0 Å². The fraction of sp³-hybridized carbons (Fsp3) is 0.133. The molecule has 0 saturated heterocycles. The van der Waals surface area contributed by atoms with Gasteiger partial charge in [-0.2, -0.15) is 0 Å². The molecule has 4 heteroatoms. The summed E-state index contributed by atoms with van der Waals surface area (Å²) in [5.41, 5.74) is 4.08. The molecule has 19 heavy (non-hydrogen) atoms. The monoisotopic (exact) mass is 367 g/mol. The predicted octanol–water partition coefficient (Wildman–Crippen LogP) is 4.35. The standard InChI is InChI=1S/C15H14INO2/c1-9-8-14(10(2)7-12(9)16)17-13-6-4-3-5-11(13)15(18)19/h3-8,17H,1-2H3,(H,18,19). The van der Waals surface area contributed by atoms with Gasteiger partial charge in [0.25, 0.3) is 0 Å². The van der Waals surface area contributed by atoms with Crippen LogP contribution in [0, 0.1) is 17.4 Å². The van der Waals surface area contributed by atoms with Crippen molar-refractivity contribution in [2.45, 2.75) is 13.8 Å². The molecule has 2 aromatic carbocycles. The molecule has 0 saturated carbocycles. The molecule has 0 aliphatic rings. The summed E-state index contributed by atoms with van der Waals surface area (Å²) >= 11 is 2.29. The first-order valence-electron chi connectivity index (χ1n) is 5.85. The van der Waals surface area contributed by atoms with E-state index >= 15 is 0 Å². The van der Waals surface area contributed by atoms with E-state index in [4.69, 9.17) is 0 Å². The molecule has 0 aliphatic carbocycles. The minimum absolute atomic E-state index is 0.276. The van der Waals surface area contributed by atoms with Crippen molar-refractivity contribution < 1.29 is 9.90 Å². The third-order valence-electron chi connectivity index (χ3n) is 2.93. The van der Waals surface area contributed by atoms with E-state index in [9.17, 15) is 9.90 Å². The Morgan fingerprint density at radius 2 is 1.79 bits per heavy atom. The van der Waals surface area contributed by atoms with Crippen LogP contribution in [0.25, 0.3) is 0 Å². The van der Waals surface area contributed by atoms with Crippen LogP contribution in [0.15, 0.2) is 36.4 Å². The normalized spacial score (nSPS) is 10.3. The Morgan fingerprint density at radius 3 is 2.47 bits per heavy atom. The quantitative estimate of drug-likeness (QED) is 0.793. The first-order chi connectivity index (χ1) is 8.99. The van der Waals surface area contributed by atoms with Gasteiger partial charge in [0, 0.05) is 9.26 Å². The van der Waals surface area contributed by atoms with Gasteiger partial charge >= 0.3 is 5.97 Å². The van der Waals surface area contributed by atoms with Crippen LogP contribution in [0.3, 0.4) is 0 Å². The Bertz CT molecular complexity index is 638. The van der Waals surface area contributed by atoms with Gasteiger partial charge in [-0.3, -0.25) is 0 Å². The van der Waals surface area contributed by atoms with Crippen molar-refractivity contribution in [1.82, 2.24) is 0 Å². The summed E-state index contributed by atoms with van der Waals surface area (Å²) in [5.74, 6) is -0.928. The molecule has 0 aliphatic heterocycles. The summed E-state index contributed by atoms with van der Waals surface area (Å²) in [5, 5.41) is 12.4. The molecule has 0 aromatic heterocycles. The lowest BCUT2D eigenvalue weighted by Crippen LogP contribution is -2.03. The molecule has 0 fully saturated rings. The average Bonchev–Trinajstić information content (AvgIpc) is 2.36. The summed E-state index contributed by atoms with van der Waals surface area (Å²) in [7, 11) is 0. The average molecular weight is 367 g/mol. The van der Waals surface area contributed by atoms with Crippen molar-refractivity contribution in [2.75, 3.05) is 5.32 Å². The Kier molecular flexibility index (Phi) is 4.09. The third kappa shape index (κ3) is 3.07. The number of carboxylic acids is 1. The molecule has 0 amide bonds. The van der Waals surface area contributed by atoms with E-state index in [-0.39, 0.29) is 5.56 Å². The number of hydrogen-bond donors (Lipinski definition) is 2. The molecule has 2 N–H and O–H groups in total. The zero-order chi connectivity index (χ0) is 14.0. The number of nitrogens with one attached hydrogen (secondary N) is 1. The van der Waals surface area contributed by atoms with E-state index in [1.165, 1.54) is 9.13 Å². The molecule has 98 valence electrons. The summed E-state index contributed by atoms with van der Waals surface area (Å²) in [6.45, 7) is 4.04. The van der Waals surface area contributed by atoms with Gasteiger partial charge in [0.2, 0.25) is 0 Å². The zero-order valence-electron chi connectivity index (χ0n) is 10.7. The Balaban J connectivity index is 2.42. The van der Waals surface area contributed by atoms with Gasteiger partial charge < -0.3 is 10.4 Å². The molecule has 0 unspecified atom stereocenters. The maximum Gasteiger partial charge on any atom is 0.337 e. The second-order valence-electron chi connectivity index (χ2n) is 4.39. The molecule has 0 spiro atoms. The van der Waals surface area contributed by atoms with E-state index in [0.29, 0.717) is 5.69 Å². The minimum atomic E-state index is -0.928. The third-order valence-corrected chi connectivity index (χ3v) is 4.09. The van der Waals surface area contributed by atoms with Gasteiger partial charge in [0.05, 0.1) is 11.3 Å². The first kappa shape index (κ1) is 13.9. The molecular formula is C15H14INO2. The Morgan fingerprint density at radius 1 is 1.11 bits per heavy atom. The molecule has 0 heterocycles. The number of benzene rings is 2. The van der Waals surface area contributed by atoms with Gasteiger partial charge in [0.1, 0.15) is 0 Å². The molecule has 0 radical (unpaired) electrons. The van der Waals surface area contributed by atoms with Crippen LogP contribution in [-0.2, 0) is 0 Å². The number of rotatable bonds is 3. The molecule has 2 rings (SSSR count). The van der Waals surface area contributed by atoms with Crippen molar-refractivity contribution in [1.29, 1.82) is 0 Å². The van der Waals surface area contributed by atoms with Crippen LogP contribution in [0.1, 0.15) is 21.5 Å². The number of hydrogen-bond acceptors (Lipinski definition) is 2. The van der Waals surface area contributed by atoms with Gasteiger partial charge in [-0.15, -0.1) is 0 Å². The van der Waals surface area contributed by atoms with Crippen LogP contribution in [0.4, 0.5) is 11.4 Å². The van der Waals surface area contributed by atoms with E-state index in [1.54, 1.807) is 18.2 Å². The SMILES string of the molecule is Cc1cc(Nc2ccccc2C(=O)O)c(C)cc1I. The largest absolute Gasteiger partial charge is 0.478 e. The molecule has 3 nitrogen and oxygen atoms in total. The number of anilines is 2. The highest BCUT2D eigenvalue weighted by molar-refractivity contribution is 14.1. The fourth-order valence-electron chi connectivity index (χ4n) is 1.84. The number of carboxylic acid groups (broad SMARTS) is 1. The van der Waals surface area contributed by atoms with Crippen molar-refractivity contribution >= 4 is 39.9 Å². The topological polar surface area (TPSA) is 49.3 Å². The smallest absolute Gasteiger partial charge is 0.337 e. The lowest BCUT2D eigenvalue weighted by molar-refractivity contribution is 0.0698. The van der Waals surface area contributed by atoms with E-state index in [0.717, 1.165) is 11.3 Å². The molecular weight excluding hydrogens is 353 g/mol. The minimum Gasteiger partial charge on any atom is -0.478 e. The number of para-hydroxylation sites is 1. The van der Waals surface area contributed by atoms with Crippen molar-refractivity contribution in [3.05, 3.63) is 56.7 Å². The lowest BCUT2D eigenvalue weighted by Gasteiger charge is -2.13. The van der Waals surface area contributed by atoms with Crippen LogP contribution in [0.5, 0.6) is 0 Å². The number of aromatic carboxylic acids is 1. The van der Waals surface area contributed by atoms with Crippen LogP contribution < -0.4 is 5.32 Å². The van der Waals surface area contributed by atoms with Crippen molar-refractivity contribution in [2.24, 2.45) is 0 Å². The van der Waals surface area contributed by atoms with Crippen LogP contribution in [0.2, 0.25) is 0 Å². The van der Waals surface area contributed by atoms with Gasteiger partial charge in [0.15, 0.2) is 0 Å².